The lowest BCUT2D eigenvalue weighted by molar-refractivity contribution is 0.527. The number of benzene rings is 1. The molecule has 0 radical (unpaired) electrons. The highest BCUT2D eigenvalue weighted by atomic mass is 14.9. The Bertz CT molecular complexity index is 341. The quantitative estimate of drug-likeness (QED) is 0.815. The largest absolute Gasteiger partial charge is 0.313 e. The maximum Gasteiger partial charge on any atom is 0.0346 e. The van der Waals surface area contributed by atoms with E-state index in [4.69, 9.17) is 0 Å². The van der Waals surface area contributed by atoms with Crippen LogP contribution in [0.25, 0.3) is 0 Å². The monoisotopic (exact) mass is 217 g/mol. The molecule has 1 atom stereocenters. The Kier molecular flexibility index (Phi) is 3.07. The van der Waals surface area contributed by atoms with Crippen molar-refractivity contribution in [2.45, 2.75) is 45.1 Å². The minimum Gasteiger partial charge on any atom is -0.313 e. The van der Waals surface area contributed by atoms with Crippen LogP contribution in [0.1, 0.15) is 50.8 Å². The van der Waals surface area contributed by atoms with Crippen molar-refractivity contribution >= 4 is 0 Å². The van der Waals surface area contributed by atoms with Gasteiger partial charge in [0.2, 0.25) is 0 Å². The third-order valence-corrected chi connectivity index (χ3v) is 3.54. The van der Waals surface area contributed by atoms with Crippen LogP contribution in [-0.2, 0) is 5.41 Å². The fourth-order valence-electron chi connectivity index (χ4n) is 2.29. The predicted molar refractivity (Wildman–Crippen MR) is 69.7 cm³/mol. The second kappa shape index (κ2) is 4.21. The van der Waals surface area contributed by atoms with Crippen molar-refractivity contribution in [2.75, 3.05) is 7.05 Å². The number of hydrogen-bond acceptors (Lipinski definition) is 1. The van der Waals surface area contributed by atoms with E-state index in [1.807, 2.05) is 0 Å². The Morgan fingerprint density at radius 3 is 2.06 bits per heavy atom. The molecular formula is C15H23N. The molecule has 1 saturated carbocycles. The molecule has 1 aliphatic rings. The molecule has 0 aromatic heterocycles. The topological polar surface area (TPSA) is 12.0 Å². The Morgan fingerprint density at radius 2 is 1.69 bits per heavy atom. The minimum absolute atomic E-state index is 0.257. The van der Waals surface area contributed by atoms with Gasteiger partial charge in [-0.05, 0) is 42.3 Å². The van der Waals surface area contributed by atoms with E-state index in [0.29, 0.717) is 6.04 Å². The second-order valence-corrected chi connectivity index (χ2v) is 5.98. The molecular weight excluding hydrogens is 194 g/mol. The number of hydrogen-bond donors (Lipinski definition) is 1. The Hall–Kier alpha value is -0.820. The Morgan fingerprint density at radius 1 is 1.12 bits per heavy atom. The first-order valence-corrected chi connectivity index (χ1v) is 6.30. The third kappa shape index (κ3) is 2.46. The highest BCUT2D eigenvalue weighted by Crippen LogP contribution is 2.41. The first kappa shape index (κ1) is 11.7. The first-order chi connectivity index (χ1) is 7.52. The van der Waals surface area contributed by atoms with E-state index in [1.165, 1.54) is 24.0 Å². The molecule has 1 heteroatoms. The summed E-state index contributed by atoms with van der Waals surface area (Å²) in [4.78, 5) is 0. The molecule has 1 N–H and O–H groups in total. The van der Waals surface area contributed by atoms with Crippen molar-refractivity contribution in [1.82, 2.24) is 5.32 Å². The van der Waals surface area contributed by atoms with Gasteiger partial charge in [-0.3, -0.25) is 0 Å². The second-order valence-electron chi connectivity index (χ2n) is 5.98. The van der Waals surface area contributed by atoms with E-state index in [9.17, 15) is 0 Å². The van der Waals surface area contributed by atoms with E-state index < -0.39 is 0 Å². The molecule has 0 amide bonds. The zero-order valence-electron chi connectivity index (χ0n) is 10.9. The lowest BCUT2D eigenvalue weighted by Gasteiger charge is -2.21. The molecule has 1 aliphatic carbocycles. The van der Waals surface area contributed by atoms with Gasteiger partial charge in [-0.25, -0.2) is 0 Å². The molecule has 1 fully saturated rings. The summed E-state index contributed by atoms with van der Waals surface area (Å²) in [5.74, 6) is 0.866. The van der Waals surface area contributed by atoms with Crippen LogP contribution in [0.15, 0.2) is 24.3 Å². The summed E-state index contributed by atoms with van der Waals surface area (Å²) in [6.07, 6.45) is 2.76. The van der Waals surface area contributed by atoms with Crippen molar-refractivity contribution < 1.29 is 0 Å². The molecule has 2 rings (SSSR count). The lowest BCUT2D eigenvalue weighted by Crippen LogP contribution is -2.18. The molecule has 1 aromatic rings. The van der Waals surface area contributed by atoms with E-state index in [-0.39, 0.29) is 5.41 Å². The predicted octanol–water partition coefficient (Wildman–Crippen LogP) is 3.65. The lowest BCUT2D eigenvalue weighted by atomic mass is 9.86. The highest BCUT2D eigenvalue weighted by molar-refractivity contribution is 5.30. The summed E-state index contributed by atoms with van der Waals surface area (Å²) in [7, 11) is 2.07. The summed E-state index contributed by atoms with van der Waals surface area (Å²) < 4.78 is 0. The molecule has 0 bridgehead atoms. The van der Waals surface area contributed by atoms with Crippen LogP contribution >= 0.6 is 0 Å². The minimum atomic E-state index is 0.257. The van der Waals surface area contributed by atoms with Crippen LogP contribution in [0.4, 0.5) is 0 Å². The van der Waals surface area contributed by atoms with Gasteiger partial charge in [0.05, 0.1) is 0 Å². The fraction of sp³-hybridized carbons (Fsp3) is 0.600. The van der Waals surface area contributed by atoms with Crippen LogP contribution in [0.3, 0.4) is 0 Å². The standard InChI is InChI=1S/C15H23N/c1-15(2,3)13-9-7-12(8-10-13)14(16-4)11-5-6-11/h7-11,14,16H,5-6H2,1-4H3. The number of rotatable bonds is 3. The molecule has 1 aromatic carbocycles. The van der Waals surface area contributed by atoms with Crippen molar-refractivity contribution in [2.24, 2.45) is 5.92 Å². The third-order valence-electron chi connectivity index (χ3n) is 3.54. The van der Waals surface area contributed by atoms with E-state index in [0.717, 1.165) is 5.92 Å². The molecule has 0 spiro atoms. The van der Waals surface area contributed by atoms with Crippen molar-refractivity contribution in [3.05, 3.63) is 35.4 Å². The van der Waals surface area contributed by atoms with Crippen LogP contribution in [0.2, 0.25) is 0 Å². The SMILES string of the molecule is CNC(c1ccc(C(C)(C)C)cc1)C1CC1. The molecule has 88 valence electrons. The molecule has 0 saturated heterocycles. The van der Waals surface area contributed by atoms with Gasteiger partial charge >= 0.3 is 0 Å². The van der Waals surface area contributed by atoms with Gasteiger partial charge in [0.15, 0.2) is 0 Å². The van der Waals surface area contributed by atoms with E-state index in [1.54, 1.807) is 0 Å². The van der Waals surface area contributed by atoms with Crippen LogP contribution in [-0.4, -0.2) is 7.05 Å². The molecule has 16 heavy (non-hydrogen) atoms. The molecule has 0 aliphatic heterocycles. The summed E-state index contributed by atoms with van der Waals surface area (Å²) >= 11 is 0. The van der Waals surface area contributed by atoms with E-state index >= 15 is 0 Å². The van der Waals surface area contributed by atoms with Gasteiger partial charge < -0.3 is 5.32 Å². The average molecular weight is 217 g/mol. The normalized spacial score (nSPS) is 18.5. The van der Waals surface area contributed by atoms with Crippen LogP contribution in [0.5, 0.6) is 0 Å². The van der Waals surface area contributed by atoms with Gasteiger partial charge in [-0.15, -0.1) is 0 Å². The molecule has 1 nitrogen and oxygen atoms in total. The maximum atomic E-state index is 3.44. The zero-order valence-corrected chi connectivity index (χ0v) is 10.9. The van der Waals surface area contributed by atoms with Crippen molar-refractivity contribution in [3.63, 3.8) is 0 Å². The average Bonchev–Trinajstić information content (AvgIpc) is 3.03. The Balaban J connectivity index is 2.18. The molecule has 0 heterocycles. The van der Waals surface area contributed by atoms with Gasteiger partial charge in [0.25, 0.3) is 0 Å². The van der Waals surface area contributed by atoms with Gasteiger partial charge in [0, 0.05) is 6.04 Å². The number of nitrogens with one attached hydrogen (secondary N) is 1. The summed E-state index contributed by atoms with van der Waals surface area (Å²) in [5, 5.41) is 3.44. The smallest absolute Gasteiger partial charge is 0.0346 e. The summed E-state index contributed by atoms with van der Waals surface area (Å²) in [5.41, 5.74) is 3.12. The van der Waals surface area contributed by atoms with Crippen LogP contribution in [0, 0.1) is 5.92 Å². The van der Waals surface area contributed by atoms with Crippen molar-refractivity contribution in [1.29, 1.82) is 0 Å². The molecule has 1 unspecified atom stereocenters. The fourth-order valence-corrected chi connectivity index (χ4v) is 2.29. The van der Waals surface area contributed by atoms with Crippen LogP contribution < -0.4 is 5.32 Å². The van der Waals surface area contributed by atoms with Gasteiger partial charge in [-0.2, -0.15) is 0 Å². The summed E-state index contributed by atoms with van der Waals surface area (Å²) in [6, 6.07) is 9.71. The highest BCUT2D eigenvalue weighted by Gasteiger charge is 2.31. The summed E-state index contributed by atoms with van der Waals surface area (Å²) in [6.45, 7) is 6.79. The zero-order chi connectivity index (χ0) is 11.8. The van der Waals surface area contributed by atoms with Crippen molar-refractivity contribution in [3.8, 4) is 0 Å². The first-order valence-electron chi connectivity index (χ1n) is 6.30. The Labute approximate surface area is 99.3 Å². The van der Waals surface area contributed by atoms with Gasteiger partial charge in [0.1, 0.15) is 0 Å². The maximum absolute atomic E-state index is 3.44. The van der Waals surface area contributed by atoms with E-state index in [2.05, 4.69) is 57.4 Å². The van der Waals surface area contributed by atoms with Gasteiger partial charge in [-0.1, -0.05) is 45.0 Å².